The molecule has 3 aliphatic rings. The first-order valence-electron chi connectivity index (χ1n) is 7.35. The molecule has 1 saturated carbocycles. The van der Waals surface area contributed by atoms with E-state index in [1.165, 1.54) is 45.2 Å². The molecule has 1 aliphatic carbocycles. The van der Waals surface area contributed by atoms with Gasteiger partial charge in [-0.25, -0.2) is 0 Å². The normalized spacial score (nSPS) is 37.6. The molecule has 0 bridgehead atoms. The summed E-state index contributed by atoms with van der Waals surface area (Å²) in [6, 6.07) is 0. The molecule has 2 saturated heterocycles. The third-order valence-electron chi connectivity index (χ3n) is 5.45. The van der Waals surface area contributed by atoms with Crippen molar-refractivity contribution in [3.8, 4) is 0 Å². The van der Waals surface area contributed by atoms with E-state index in [2.05, 4.69) is 25.7 Å². The Balaban J connectivity index is 1.62. The lowest BCUT2D eigenvalue weighted by Crippen LogP contribution is -2.48. The van der Waals surface area contributed by atoms with Crippen LogP contribution in [0.3, 0.4) is 0 Å². The highest BCUT2D eigenvalue weighted by molar-refractivity contribution is 5.00. The number of rotatable bonds is 0. The number of nitrogens with zero attached hydrogens (tertiary/aromatic N) is 1. The minimum absolute atomic E-state index is 0.354. The van der Waals surface area contributed by atoms with Crippen molar-refractivity contribution in [3.63, 3.8) is 0 Å². The average molecular weight is 237 g/mol. The Morgan fingerprint density at radius 2 is 1.82 bits per heavy atom. The third-order valence-corrected chi connectivity index (χ3v) is 5.45. The van der Waals surface area contributed by atoms with Crippen LogP contribution >= 0.6 is 0 Å². The number of ether oxygens (including phenoxy) is 1. The molecule has 3 rings (SSSR count). The molecule has 2 atom stereocenters. The van der Waals surface area contributed by atoms with Crippen LogP contribution in [0, 0.1) is 11.3 Å². The van der Waals surface area contributed by atoms with E-state index < -0.39 is 0 Å². The topological polar surface area (TPSA) is 12.5 Å². The van der Waals surface area contributed by atoms with E-state index in [1.807, 2.05) is 0 Å². The Kier molecular flexibility index (Phi) is 2.79. The molecule has 2 heteroatoms. The van der Waals surface area contributed by atoms with Gasteiger partial charge in [-0.1, -0.05) is 0 Å². The molecular weight excluding hydrogens is 210 g/mol. The summed E-state index contributed by atoms with van der Waals surface area (Å²) in [5, 5.41) is 0. The van der Waals surface area contributed by atoms with Crippen molar-refractivity contribution >= 4 is 0 Å². The zero-order chi connectivity index (χ0) is 12.1. The summed E-state index contributed by atoms with van der Waals surface area (Å²) < 4.78 is 5.88. The molecule has 1 unspecified atom stereocenters. The highest BCUT2D eigenvalue weighted by Gasteiger charge is 2.49. The van der Waals surface area contributed by atoms with Gasteiger partial charge in [0.05, 0.1) is 6.10 Å². The van der Waals surface area contributed by atoms with Crippen LogP contribution in [-0.2, 0) is 4.74 Å². The van der Waals surface area contributed by atoms with Crippen LogP contribution in [0.15, 0.2) is 0 Å². The molecular formula is C15H27NO. The first-order valence-corrected chi connectivity index (χ1v) is 7.35. The van der Waals surface area contributed by atoms with Gasteiger partial charge in [0, 0.05) is 12.1 Å². The van der Waals surface area contributed by atoms with Gasteiger partial charge in [0.15, 0.2) is 0 Å². The fourth-order valence-corrected chi connectivity index (χ4v) is 4.28. The van der Waals surface area contributed by atoms with Crippen molar-refractivity contribution in [2.45, 2.75) is 64.5 Å². The molecule has 1 spiro atoms. The Bertz CT molecular complexity index is 272. The molecule has 0 aromatic heterocycles. The van der Waals surface area contributed by atoms with Gasteiger partial charge in [0.1, 0.15) is 0 Å². The fraction of sp³-hybridized carbons (Fsp3) is 1.00. The van der Waals surface area contributed by atoms with Crippen molar-refractivity contribution in [1.29, 1.82) is 0 Å². The summed E-state index contributed by atoms with van der Waals surface area (Å²) in [7, 11) is 0. The first-order chi connectivity index (χ1) is 7.99. The zero-order valence-corrected chi connectivity index (χ0v) is 11.7. The summed E-state index contributed by atoms with van der Waals surface area (Å²) in [5.74, 6) is 0.899. The summed E-state index contributed by atoms with van der Waals surface area (Å²) >= 11 is 0. The van der Waals surface area contributed by atoms with Crippen molar-refractivity contribution in [2.24, 2.45) is 11.3 Å². The van der Waals surface area contributed by atoms with Crippen LogP contribution in [-0.4, -0.2) is 36.2 Å². The predicted molar refractivity (Wildman–Crippen MR) is 70.1 cm³/mol. The highest BCUT2D eigenvalue weighted by atomic mass is 16.5. The van der Waals surface area contributed by atoms with E-state index in [0.29, 0.717) is 17.1 Å². The van der Waals surface area contributed by atoms with Crippen LogP contribution < -0.4 is 0 Å². The van der Waals surface area contributed by atoms with Crippen LogP contribution in [0.1, 0.15) is 52.9 Å². The van der Waals surface area contributed by atoms with Gasteiger partial charge >= 0.3 is 0 Å². The van der Waals surface area contributed by atoms with E-state index in [9.17, 15) is 0 Å². The lowest BCUT2D eigenvalue weighted by molar-refractivity contribution is 0.0269. The van der Waals surface area contributed by atoms with Gasteiger partial charge in [-0.05, 0) is 77.3 Å². The predicted octanol–water partition coefficient (Wildman–Crippen LogP) is 3.07. The van der Waals surface area contributed by atoms with Crippen molar-refractivity contribution in [3.05, 3.63) is 0 Å². The molecule has 3 fully saturated rings. The second-order valence-corrected chi connectivity index (χ2v) is 7.52. The van der Waals surface area contributed by atoms with Crippen molar-refractivity contribution < 1.29 is 4.74 Å². The summed E-state index contributed by atoms with van der Waals surface area (Å²) in [4.78, 5) is 2.66. The minimum Gasteiger partial charge on any atom is -0.378 e. The molecule has 0 radical (unpaired) electrons. The third kappa shape index (κ3) is 2.15. The summed E-state index contributed by atoms with van der Waals surface area (Å²) in [6.07, 6.45) is 7.57. The molecule has 98 valence electrons. The Morgan fingerprint density at radius 3 is 2.41 bits per heavy atom. The monoisotopic (exact) mass is 237 g/mol. The maximum atomic E-state index is 5.88. The van der Waals surface area contributed by atoms with E-state index >= 15 is 0 Å². The van der Waals surface area contributed by atoms with Crippen LogP contribution in [0.2, 0.25) is 0 Å². The van der Waals surface area contributed by atoms with Crippen LogP contribution in [0.25, 0.3) is 0 Å². The molecule has 0 N–H and O–H groups in total. The molecule has 2 heterocycles. The lowest BCUT2D eigenvalue weighted by atomic mass is 9.75. The summed E-state index contributed by atoms with van der Waals surface area (Å²) in [6.45, 7) is 10.7. The number of hydrogen-bond acceptors (Lipinski definition) is 2. The molecule has 0 aromatic rings. The first kappa shape index (κ1) is 12.0. The van der Waals surface area contributed by atoms with Crippen LogP contribution in [0.5, 0.6) is 0 Å². The number of piperidine rings is 1. The SMILES string of the molecule is CC(C)(C)N1CCC2(CC1)CC1CCO[C@@H]1C2. The molecule has 0 amide bonds. The maximum Gasteiger partial charge on any atom is 0.0609 e. The average Bonchev–Trinajstić information content (AvgIpc) is 2.75. The molecule has 0 aromatic carbocycles. The second-order valence-electron chi connectivity index (χ2n) is 7.52. The van der Waals surface area contributed by atoms with Crippen LogP contribution in [0.4, 0.5) is 0 Å². The number of fused-ring (bicyclic) bond motifs is 1. The quantitative estimate of drug-likeness (QED) is 0.642. The fourth-order valence-electron chi connectivity index (χ4n) is 4.28. The Labute approximate surface area is 106 Å². The smallest absolute Gasteiger partial charge is 0.0609 e. The Hall–Kier alpha value is -0.0800. The molecule has 2 aliphatic heterocycles. The number of hydrogen-bond donors (Lipinski definition) is 0. The maximum absolute atomic E-state index is 5.88. The van der Waals surface area contributed by atoms with E-state index in [1.54, 1.807) is 0 Å². The van der Waals surface area contributed by atoms with Gasteiger partial charge in [-0.15, -0.1) is 0 Å². The standard InChI is InChI=1S/C15H27NO/c1-14(2,3)16-7-5-15(6-8-16)10-12-4-9-17-13(12)11-15/h12-13H,4-11H2,1-3H3/t12?,13-/m1/s1. The van der Waals surface area contributed by atoms with Crippen molar-refractivity contribution in [1.82, 2.24) is 4.90 Å². The lowest BCUT2D eigenvalue weighted by Gasteiger charge is -2.45. The van der Waals surface area contributed by atoms with Gasteiger partial charge in [-0.3, -0.25) is 4.90 Å². The van der Waals surface area contributed by atoms with Gasteiger partial charge < -0.3 is 4.74 Å². The van der Waals surface area contributed by atoms with Gasteiger partial charge in [0.25, 0.3) is 0 Å². The highest BCUT2D eigenvalue weighted by Crippen LogP contribution is 2.53. The summed E-state index contributed by atoms with van der Waals surface area (Å²) in [5.41, 5.74) is 1.00. The van der Waals surface area contributed by atoms with Gasteiger partial charge in [0.2, 0.25) is 0 Å². The largest absolute Gasteiger partial charge is 0.378 e. The zero-order valence-electron chi connectivity index (χ0n) is 11.7. The molecule has 2 nitrogen and oxygen atoms in total. The van der Waals surface area contributed by atoms with E-state index in [0.717, 1.165) is 12.5 Å². The minimum atomic E-state index is 0.354. The number of likely N-dealkylation sites (tertiary alicyclic amines) is 1. The molecule has 17 heavy (non-hydrogen) atoms. The Morgan fingerprint density at radius 1 is 1.12 bits per heavy atom. The van der Waals surface area contributed by atoms with Crippen molar-refractivity contribution in [2.75, 3.05) is 19.7 Å². The van der Waals surface area contributed by atoms with Gasteiger partial charge in [-0.2, -0.15) is 0 Å². The second kappa shape index (κ2) is 3.96. The van der Waals surface area contributed by atoms with E-state index in [-0.39, 0.29) is 0 Å². The van der Waals surface area contributed by atoms with E-state index in [4.69, 9.17) is 4.74 Å².